The lowest BCUT2D eigenvalue weighted by atomic mass is 10.1. The molecule has 0 saturated heterocycles. The maximum atomic E-state index is 12.1. The van der Waals surface area contributed by atoms with Crippen molar-refractivity contribution in [2.45, 2.75) is 65.2 Å². The summed E-state index contributed by atoms with van der Waals surface area (Å²) in [5.74, 6) is -1.24. The molecule has 0 fully saturated rings. The van der Waals surface area contributed by atoms with Gasteiger partial charge in [0, 0.05) is 6.42 Å². The number of rotatable bonds is 9. The molecule has 1 aromatic carbocycles. The quantitative estimate of drug-likeness (QED) is 0.452. The second-order valence-corrected chi connectivity index (χ2v) is 6.69. The van der Waals surface area contributed by atoms with E-state index in [4.69, 9.17) is 15.2 Å². The molecular formula is C19H29NO6. The fraction of sp³-hybridized carbons (Fsp3) is 0.579. The van der Waals surface area contributed by atoms with Crippen molar-refractivity contribution >= 4 is 11.9 Å². The summed E-state index contributed by atoms with van der Waals surface area (Å²) in [7, 11) is 0. The van der Waals surface area contributed by atoms with Crippen LogP contribution in [0.25, 0.3) is 0 Å². The highest BCUT2D eigenvalue weighted by Crippen LogP contribution is 2.25. The normalized spacial score (nSPS) is 15.6. The van der Waals surface area contributed by atoms with Crippen LogP contribution in [0.15, 0.2) is 18.2 Å². The van der Waals surface area contributed by atoms with Crippen LogP contribution >= 0.6 is 0 Å². The molecule has 0 bridgehead atoms. The zero-order valence-electron chi connectivity index (χ0n) is 15.8. The molecule has 146 valence electrons. The van der Waals surface area contributed by atoms with Crippen molar-refractivity contribution in [1.82, 2.24) is 0 Å². The van der Waals surface area contributed by atoms with E-state index in [0.717, 1.165) is 6.42 Å². The van der Waals surface area contributed by atoms with Crippen LogP contribution in [0, 0.1) is 5.92 Å². The van der Waals surface area contributed by atoms with Crippen molar-refractivity contribution in [3.05, 3.63) is 23.8 Å². The van der Waals surface area contributed by atoms with Gasteiger partial charge in [-0.25, -0.2) is 0 Å². The number of benzene rings is 1. The average Bonchev–Trinajstić information content (AvgIpc) is 2.57. The number of hydrogen-bond acceptors (Lipinski definition) is 7. The van der Waals surface area contributed by atoms with E-state index in [1.807, 2.05) is 13.8 Å². The summed E-state index contributed by atoms with van der Waals surface area (Å²) in [6.07, 6.45) is 0.130. The smallest absolute Gasteiger partial charge is 0.323 e. The van der Waals surface area contributed by atoms with E-state index in [0.29, 0.717) is 12.0 Å². The molecule has 1 aromatic rings. The minimum Gasteiger partial charge on any atom is -0.504 e. The zero-order chi connectivity index (χ0) is 19.9. The maximum Gasteiger partial charge on any atom is 0.323 e. The molecule has 0 saturated carbocycles. The molecule has 0 amide bonds. The molecule has 7 nitrogen and oxygen atoms in total. The Morgan fingerprint density at radius 2 is 1.69 bits per heavy atom. The number of carbonyl (C=O) groups excluding carboxylic acids is 2. The summed E-state index contributed by atoms with van der Waals surface area (Å²) in [6.45, 7) is 7.27. The average molecular weight is 367 g/mol. The van der Waals surface area contributed by atoms with E-state index in [-0.39, 0.29) is 29.8 Å². The fourth-order valence-electron chi connectivity index (χ4n) is 2.18. The van der Waals surface area contributed by atoms with Gasteiger partial charge in [-0.15, -0.1) is 0 Å². The molecule has 0 spiro atoms. The molecule has 4 atom stereocenters. The number of aromatic hydroxyl groups is 2. The molecule has 0 aromatic heterocycles. The second-order valence-electron chi connectivity index (χ2n) is 6.69. The molecule has 0 heterocycles. The van der Waals surface area contributed by atoms with Gasteiger partial charge in [-0.2, -0.15) is 0 Å². The number of hydrogen-bond donors (Lipinski definition) is 3. The first-order valence-electron chi connectivity index (χ1n) is 8.80. The van der Waals surface area contributed by atoms with Gasteiger partial charge < -0.3 is 25.4 Å². The van der Waals surface area contributed by atoms with Crippen molar-refractivity contribution in [2.24, 2.45) is 11.7 Å². The Morgan fingerprint density at radius 3 is 2.27 bits per heavy atom. The lowest BCUT2D eigenvalue weighted by molar-refractivity contribution is -0.166. The Kier molecular flexibility index (Phi) is 8.38. The maximum absolute atomic E-state index is 12.1. The van der Waals surface area contributed by atoms with Crippen LogP contribution in [0.5, 0.6) is 11.5 Å². The highest BCUT2D eigenvalue weighted by molar-refractivity contribution is 5.76. The van der Waals surface area contributed by atoms with Crippen molar-refractivity contribution < 1.29 is 29.3 Å². The SMILES string of the molecule is CCC(C)CC(=O)O[C@@H](C)[C@H](C)OC(=O)[C@@H](N)Cc1ccc(O)c(O)c1. The molecule has 1 rings (SSSR count). The van der Waals surface area contributed by atoms with Gasteiger partial charge in [-0.1, -0.05) is 26.3 Å². The first-order chi connectivity index (χ1) is 12.1. The molecule has 4 N–H and O–H groups in total. The van der Waals surface area contributed by atoms with E-state index < -0.39 is 24.2 Å². The second kappa shape index (κ2) is 10.0. The number of ether oxygens (including phenoxy) is 2. The summed E-state index contributed by atoms with van der Waals surface area (Å²) in [5.41, 5.74) is 6.43. The Hall–Kier alpha value is -2.28. The summed E-state index contributed by atoms with van der Waals surface area (Å²) in [6, 6.07) is 3.28. The molecule has 26 heavy (non-hydrogen) atoms. The topological polar surface area (TPSA) is 119 Å². The fourth-order valence-corrected chi connectivity index (χ4v) is 2.18. The number of carbonyl (C=O) groups is 2. The summed E-state index contributed by atoms with van der Waals surface area (Å²) in [4.78, 5) is 23.9. The van der Waals surface area contributed by atoms with Crippen molar-refractivity contribution in [1.29, 1.82) is 0 Å². The molecular weight excluding hydrogens is 338 g/mol. The Labute approximate surface area is 154 Å². The minimum atomic E-state index is -0.940. The van der Waals surface area contributed by atoms with Crippen LogP contribution in [0.2, 0.25) is 0 Å². The van der Waals surface area contributed by atoms with Gasteiger partial charge in [-0.3, -0.25) is 9.59 Å². The van der Waals surface area contributed by atoms with Gasteiger partial charge in [0.1, 0.15) is 18.2 Å². The molecule has 1 unspecified atom stereocenters. The molecule has 7 heteroatoms. The van der Waals surface area contributed by atoms with E-state index >= 15 is 0 Å². The van der Waals surface area contributed by atoms with Gasteiger partial charge in [0.15, 0.2) is 11.5 Å². The van der Waals surface area contributed by atoms with Crippen LogP contribution in [0.3, 0.4) is 0 Å². The van der Waals surface area contributed by atoms with Crippen molar-refractivity contribution in [3.8, 4) is 11.5 Å². The molecule has 0 aliphatic rings. The summed E-state index contributed by atoms with van der Waals surface area (Å²) < 4.78 is 10.6. The predicted molar refractivity (Wildman–Crippen MR) is 96.6 cm³/mol. The Morgan fingerprint density at radius 1 is 1.08 bits per heavy atom. The zero-order valence-corrected chi connectivity index (χ0v) is 15.8. The van der Waals surface area contributed by atoms with Crippen LogP contribution in [0.4, 0.5) is 0 Å². The predicted octanol–water partition coefficient (Wildman–Crippen LogP) is 2.27. The van der Waals surface area contributed by atoms with E-state index in [9.17, 15) is 19.8 Å². The molecule has 0 radical (unpaired) electrons. The third kappa shape index (κ3) is 6.92. The van der Waals surface area contributed by atoms with Crippen LogP contribution in [-0.4, -0.2) is 40.4 Å². The van der Waals surface area contributed by atoms with Gasteiger partial charge in [0.2, 0.25) is 0 Å². The van der Waals surface area contributed by atoms with Crippen LogP contribution < -0.4 is 5.73 Å². The van der Waals surface area contributed by atoms with Crippen LogP contribution in [-0.2, 0) is 25.5 Å². The highest BCUT2D eigenvalue weighted by atomic mass is 16.6. The minimum absolute atomic E-state index is 0.140. The number of nitrogens with two attached hydrogens (primary N) is 1. The lowest BCUT2D eigenvalue weighted by Gasteiger charge is -2.23. The monoisotopic (exact) mass is 367 g/mol. The largest absolute Gasteiger partial charge is 0.504 e. The number of phenols is 2. The highest BCUT2D eigenvalue weighted by Gasteiger charge is 2.24. The standard InChI is InChI=1S/C19H29NO6/c1-5-11(2)8-18(23)25-12(3)13(4)26-19(24)15(20)9-14-6-7-16(21)17(22)10-14/h6-7,10-13,15,21-22H,5,8-9,20H2,1-4H3/t11?,12-,13-,15-/m0/s1. The van der Waals surface area contributed by atoms with E-state index in [2.05, 4.69) is 0 Å². The lowest BCUT2D eigenvalue weighted by Crippen LogP contribution is -2.39. The van der Waals surface area contributed by atoms with Crippen LogP contribution in [0.1, 0.15) is 46.1 Å². The van der Waals surface area contributed by atoms with Gasteiger partial charge in [-0.05, 0) is 43.9 Å². The summed E-state index contributed by atoms with van der Waals surface area (Å²) >= 11 is 0. The summed E-state index contributed by atoms with van der Waals surface area (Å²) in [5, 5.41) is 18.8. The Bertz CT molecular complexity index is 618. The van der Waals surface area contributed by atoms with Crippen molar-refractivity contribution in [3.63, 3.8) is 0 Å². The van der Waals surface area contributed by atoms with Gasteiger partial charge >= 0.3 is 11.9 Å². The Balaban J connectivity index is 2.51. The van der Waals surface area contributed by atoms with Gasteiger partial charge in [0.25, 0.3) is 0 Å². The number of phenolic OH excluding ortho intramolecular Hbond substituents is 2. The van der Waals surface area contributed by atoms with E-state index in [1.54, 1.807) is 19.9 Å². The molecule has 0 aliphatic heterocycles. The molecule has 0 aliphatic carbocycles. The van der Waals surface area contributed by atoms with Gasteiger partial charge in [0.05, 0.1) is 0 Å². The third-order valence-electron chi connectivity index (χ3n) is 4.29. The van der Waals surface area contributed by atoms with E-state index in [1.165, 1.54) is 12.1 Å². The number of esters is 2. The third-order valence-corrected chi connectivity index (χ3v) is 4.29. The first-order valence-corrected chi connectivity index (χ1v) is 8.80. The van der Waals surface area contributed by atoms with Crippen molar-refractivity contribution in [2.75, 3.05) is 0 Å². The first kappa shape index (κ1) is 21.8.